The van der Waals surface area contributed by atoms with Crippen molar-refractivity contribution in [1.82, 2.24) is 0 Å². The Bertz CT molecular complexity index is 437. The third kappa shape index (κ3) is 2.53. The molecule has 0 heterocycles. The van der Waals surface area contributed by atoms with Crippen molar-refractivity contribution in [1.29, 1.82) is 0 Å². The van der Waals surface area contributed by atoms with Crippen molar-refractivity contribution < 1.29 is 9.90 Å². The summed E-state index contributed by atoms with van der Waals surface area (Å²) in [5.41, 5.74) is 1.85. The van der Waals surface area contributed by atoms with Gasteiger partial charge in [0.25, 0.3) is 0 Å². The maximum absolute atomic E-state index is 10.8. The molecule has 0 saturated carbocycles. The molecule has 2 rings (SSSR count). The van der Waals surface area contributed by atoms with Crippen LogP contribution in [0.3, 0.4) is 0 Å². The van der Waals surface area contributed by atoms with Crippen molar-refractivity contribution in [3.8, 4) is 0 Å². The van der Waals surface area contributed by atoms with Crippen molar-refractivity contribution in [2.75, 3.05) is 0 Å². The summed E-state index contributed by atoms with van der Waals surface area (Å²) in [7, 11) is 0. The molecule has 1 aliphatic carbocycles. The minimum absolute atomic E-state index is 0.459. The van der Waals surface area contributed by atoms with Gasteiger partial charge in [-0.05, 0) is 42.9 Å². The molecule has 1 aliphatic rings. The van der Waals surface area contributed by atoms with Crippen LogP contribution in [0.15, 0.2) is 40.4 Å². The van der Waals surface area contributed by atoms with Gasteiger partial charge in [-0.1, -0.05) is 34.1 Å². The second-order valence-electron chi connectivity index (χ2n) is 4.06. The maximum atomic E-state index is 10.8. The van der Waals surface area contributed by atoms with E-state index in [0.717, 1.165) is 17.3 Å². The van der Waals surface area contributed by atoms with E-state index in [1.807, 2.05) is 18.2 Å². The zero-order valence-electron chi connectivity index (χ0n) is 8.82. The van der Waals surface area contributed by atoms with Crippen LogP contribution in [0.5, 0.6) is 0 Å². The molecular formula is C13H13BrO2. The van der Waals surface area contributed by atoms with E-state index in [0.29, 0.717) is 17.9 Å². The lowest BCUT2D eigenvalue weighted by Gasteiger charge is -2.20. The summed E-state index contributed by atoms with van der Waals surface area (Å²) < 4.78 is 1.08. The number of halogens is 1. The normalized spacial score (nSPS) is 20.3. The van der Waals surface area contributed by atoms with Crippen LogP contribution in [-0.4, -0.2) is 11.1 Å². The predicted octanol–water partition coefficient (Wildman–Crippen LogP) is 3.73. The van der Waals surface area contributed by atoms with Crippen LogP contribution in [-0.2, 0) is 4.79 Å². The highest BCUT2D eigenvalue weighted by atomic mass is 79.9. The molecule has 0 spiro atoms. The monoisotopic (exact) mass is 280 g/mol. The van der Waals surface area contributed by atoms with Gasteiger partial charge in [0.05, 0.1) is 0 Å². The van der Waals surface area contributed by atoms with E-state index in [2.05, 4.69) is 28.1 Å². The summed E-state index contributed by atoms with van der Waals surface area (Å²) >= 11 is 3.45. The third-order valence-corrected chi connectivity index (χ3v) is 3.50. The van der Waals surface area contributed by atoms with Crippen molar-refractivity contribution in [3.63, 3.8) is 0 Å². The summed E-state index contributed by atoms with van der Waals surface area (Å²) in [5.74, 6) is -0.312. The molecule has 0 aromatic heterocycles. The Hall–Kier alpha value is -1.09. The van der Waals surface area contributed by atoms with Crippen LogP contribution in [0.1, 0.15) is 30.7 Å². The molecule has 0 radical (unpaired) electrons. The van der Waals surface area contributed by atoms with Crippen LogP contribution < -0.4 is 0 Å². The van der Waals surface area contributed by atoms with Crippen molar-refractivity contribution >= 4 is 21.9 Å². The van der Waals surface area contributed by atoms with Gasteiger partial charge in [-0.3, -0.25) is 0 Å². The van der Waals surface area contributed by atoms with Gasteiger partial charge in [0.1, 0.15) is 0 Å². The number of carboxylic acid groups (broad SMARTS) is 1. The fourth-order valence-electron chi connectivity index (χ4n) is 2.09. The summed E-state index contributed by atoms with van der Waals surface area (Å²) in [6.45, 7) is 0. The zero-order valence-corrected chi connectivity index (χ0v) is 10.4. The first-order valence-electron chi connectivity index (χ1n) is 5.34. The smallest absolute Gasteiger partial charge is 0.331 e. The molecule has 0 amide bonds. The zero-order chi connectivity index (χ0) is 11.5. The lowest BCUT2D eigenvalue weighted by molar-refractivity contribution is -0.132. The Morgan fingerprint density at radius 1 is 1.44 bits per heavy atom. The largest absolute Gasteiger partial charge is 0.478 e. The van der Waals surface area contributed by atoms with Crippen LogP contribution in [0, 0.1) is 0 Å². The summed E-state index contributed by atoms with van der Waals surface area (Å²) in [5, 5.41) is 8.86. The molecule has 0 bridgehead atoms. The Labute approximate surface area is 103 Å². The molecular weight excluding hydrogens is 268 g/mol. The molecule has 84 valence electrons. The number of aliphatic carboxylic acids is 1. The minimum Gasteiger partial charge on any atom is -0.478 e. The SMILES string of the molecule is O=C(O)C1=CCC(c2cccc(Br)c2)CC1. The van der Waals surface area contributed by atoms with E-state index < -0.39 is 5.97 Å². The third-order valence-electron chi connectivity index (χ3n) is 3.01. The fraction of sp³-hybridized carbons (Fsp3) is 0.308. The molecule has 3 heteroatoms. The van der Waals surface area contributed by atoms with Crippen molar-refractivity contribution in [2.24, 2.45) is 0 Å². The first-order valence-corrected chi connectivity index (χ1v) is 6.14. The van der Waals surface area contributed by atoms with E-state index >= 15 is 0 Å². The lowest BCUT2D eigenvalue weighted by atomic mass is 9.85. The molecule has 1 aromatic carbocycles. The number of allylic oxidation sites excluding steroid dienone is 1. The van der Waals surface area contributed by atoms with E-state index in [9.17, 15) is 4.79 Å². The number of rotatable bonds is 2. The Kier molecular flexibility index (Phi) is 3.44. The Balaban J connectivity index is 2.12. The van der Waals surface area contributed by atoms with Gasteiger partial charge in [0.15, 0.2) is 0 Å². The first kappa shape index (κ1) is 11.4. The van der Waals surface area contributed by atoms with E-state index in [4.69, 9.17) is 5.11 Å². The van der Waals surface area contributed by atoms with E-state index in [-0.39, 0.29) is 0 Å². The Morgan fingerprint density at radius 3 is 2.81 bits per heavy atom. The van der Waals surface area contributed by atoms with E-state index in [1.54, 1.807) is 0 Å². The molecule has 16 heavy (non-hydrogen) atoms. The molecule has 1 N–H and O–H groups in total. The molecule has 1 aromatic rings. The average Bonchev–Trinajstić information content (AvgIpc) is 2.29. The fourth-order valence-corrected chi connectivity index (χ4v) is 2.51. The second-order valence-corrected chi connectivity index (χ2v) is 4.98. The van der Waals surface area contributed by atoms with Crippen LogP contribution >= 0.6 is 15.9 Å². The van der Waals surface area contributed by atoms with Gasteiger partial charge in [-0.25, -0.2) is 4.79 Å². The number of carbonyl (C=O) groups is 1. The molecule has 1 atom stereocenters. The predicted molar refractivity (Wildman–Crippen MR) is 66.5 cm³/mol. The highest BCUT2D eigenvalue weighted by molar-refractivity contribution is 9.10. The van der Waals surface area contributed by atoms with Crippen LogP contribution in [0.2, 0.25) is 0 Å². The topological polar surface area (TPSA) is 37.3 Å². The standard InChI is InChI=1S/C13H13BrO2/c14-12-3-1-2-11(8-12)9-4-6-10(7-5-9)13(15)16/h1-3,6,8-9H,4-5,7H2,(H,15,16). The summed E-state index contributed by atoms with van der Waals surface area (Å²) in [4.78, 5) is 10.8. The average molecular weight is 281 g/mol. The first-order chi connectivity index (χ1) is 7.66. The maximum Gasteiger partial charge on any atom is 0.331 e. The van der Waals surface area contributed by atoms with Crippen molar-refractivity contribution in [2.45, 2.75) is 25.2 Å². The minimum atomic E-state index is -0.771. The Morgan fingerprint density at radius 2 is 2.25 bits per heavy atom. The van der Waals surface area contributed by atoms with Gasteiger partial charge < -0.3 is 5.11 Å². The van der Waals surface area contributed by atoms with Gasteiger partial charge in [-0.15, -0.1) is 0 Å². The second kappa shape index (κ2) is 4.83. The quantitative estimate of drug-likeness (QED) is 0.896. The molecule has 0 aliphatic heterocycles. The van der Waals surface area contributed by atoms with Crippen LogP contribution in [0.25, 0.3) is 0 Å². The summed E-state index contributed by atoms with van der Waals surface area (Å²) in [6, 6.07) is 8.25. The van der Waals surface area contributed by atoms with Gasteiger partial charge in [0.2, 0.25) is 0 Å². The molecule has 0 fully saturated rings. The van der Waals surface area contributed by atoms with E-state index in [1.165, 1.54) is 5.56 Å². The molecule has 2 nitrogen and oxygen atoms in total. The summed E-state index contributed by atoms with van der Waals surface area (Å²) in [6.07, 6.45) is 4.29. The van der Waals surface area contributed by atoms with Gasteiger partial charge in [0, 0.05) is 10.0 Å². The van der Waals surface area contributed by atoms with Crippen molar-refractivity contribution in [3.05, 3.63) is 46.0 Å². The highest BCUT2D eigenvalue weighted by Crippen LogP contribution is 2.33. The molecule has 1 unspecified atom stereocenters. The number of hydrogen-bond donors (Lipinski definition) is 1. The number of benzene rings is 1. The van der Waals surface area contributed by atoms with Gasteiger partial charge in [-0.2, -0.15) is 0 Å². The molecule has 0 saturated heterocycles. The van der Waals surface area contributed by atoms with Crippen LogP contribution in [0.4, 0.5) is 0 Å². The lowest BCUT2D eigenvalue weighted by Crippen LogP contribution is -2.09. The number of hydrogen-bond acceptors (Lipinski definition) is 1. The highest BCUT2D eigenvalue weighted by Gasteiger charge is 2.19. The number of carboxylic acids is 1. The van der Waals surface area contributed by atoms with Gasteiger partial charge >= 0.3 is 5.97 Å².